The van der Waals surface area contributed by atoms with Crippen molar-refractivity contribution in [1.29, 1.82) is 0 Å². The summed E-state index contributed by atoms with van der Waals surface area (Å²) in [5.74, 6) is 0.0220. The zero-order valence-corrected chi connectivity index (χ0v) is 11.8. The number of primary amides is 1. The summed E-state index contributed by atoms with van der Waals surface area (Å²) in [5.41, 5.74) is 6.30. The Labute approximate surface area is 118 Å². The third-order valence-electron chi connectivity index (χ3n) is 3.70. The number of likely N-dealkylation sites (tertiary alicyclic amines) is 1. The Morgan fingerprint density at radius 2 is 2.10 bits per heavy atom. The van der Waals surface area contributed by atoms with E-state index >= 15 is 0 Å². The van der Waals surface area contributed by atoms with Crippen LogP contribution >= 0.6 is 0 Å². The van der Waals surface area contributed by atoms with Crippen LogP contribution in [0, 0.1) is 5.92 Å². The monoisotopic (exact) mass is 276 g/mol. The first kappa shape index (κ1) is 14.4. The highest BCUT2D eigenvalue weighted by molar-refractivity contribution is 5.88. The number of amides is 2. The zero-order valence-electron chi connectivity index (χ0n) is 11.8. The van der Waals surface area contributed by atoms with Crippen molar-refractivity contribution in [3.8, 4) is 5.75 Å². The molecule has 2 amide bonds. The van der Waals surface area contributed by atoms with Gasteiger partial charge in [0.2, 0.25) is 11.8 Å². The molecule has 1 heterocycles. The Kier molecular flexibility index (Phi) is 4.27. The molecule has 0 aliphatic carbocycles. The van der Waals surface area contributed by atoms with Crippen LogP contribution in [0.3, 0.4) is 0 Å². The predicted octanol–water partition coefficient (Wildman–Crippen LogP) is 1.48. The number of rotatable bonds is 5. The van der Waals surface area contributed by atoms with Crippen molar-refractivity contribution in [2.24, 2.45) is 11.7 Å². The number of carbonyl (C=O) groups excluding carboxylic acids is 2. The molecule has 1 aromatic carbocycles. The van der Waals surface area contributed by atoms with Crippen LogP contribution in [-0.2, 0) is 9.59 Å². The summed E-state index contributed by atoms with van der Waals surface area (Å²) in [6, 6.07) is 7.60. The number of hydrogen-bond donors (Lipinski definition) is 1. The van der Waals surface area contributed by atoms with E-state index in [2.05, 4.69) is 0 Å². The van der Waals surface area contributed by atoms with Crippen LogP contribution in [0.15, 0.2) is 24.3 Å². The summed E-state index contributed by atoms with van der Waals surface area (Å²) in [5, 5.41) is 0. The van der Waals surface area contributed by atoms with E-state index in [1.165, 1.54) is 0 Å². The van der Waals surface area contributed by atoms with Crippen molar-refractivity contribution < 1.29 is 14.3 Å². The van der Waals surface area contributed by atoms with Gasteiger partial charge in [-0.1, -0.05) is 12.1 Å². The lowest BCUT2D eigenvalue weighted by Crippen LogP contribution is -2.30. The van der Waals surface area contributed by atoms with Gasteiger partial charge in [-0.3, -0.25) is 9.59 Å². The molecule has 2 atom stereocenters. The molecule has 2 rings (SSSR count). The van der Waals surface area contributed by atoms with E-state index in [-0.39, 0.29) is 24.3 Å². The molecular weight excluding hydrogens is 256 g/mol. The maximum atomic E-state index is 12.0. The summed E-state index contributed by atoms with van der Waals surface area (Å²) in [4.78, 5) is 24.9. The second kappa shape index (κ2) is 5.94. The molecule has 1 aromatic rings. The van der Waals surface area contributed by atoms with E-state index < -0.39 is 5.91 Å². The molecule has 1 aliphatic rings. The number of benzene rings is 1. The number of carbonyl (C=O) groups is 2. The second-order valence-corrected chi connectivity index (χ2v) is 5.03. The molecule has 2 N–H and O–H groups in total. The molecule has 2 unspecified atom stereocenters. The lowest BCUT2D eigenvalue weighted by atomic mass is 10.1. The van der Waals surface area contributed by atoms with Crippen molar-refractivity contribution in [3.63, 3.8) is 0 Å². The lowest BCUT2D eigenvalue weighted by molar-refractivity contribution is -0.130. The summed E-state index contributed by atoms with van der Waals surface area (Å²) >= 11 is 0. The van der Waals surface area contributed by atoms with Gasteiger partial charge in [0.25, 0.3) is 0 Å². The summed E-state index contributed by atoms with van der Waals surface area (Å²) in [6.45, 7) is 4.92. The Balaban J connectivity index is 2.09. The Hall–Kier alpha value is -2.04. The van der Waals surface area contributed by atoms with Gasteiger partial charge in [0.05, 0.1) is 18.6 Å². The second-order valence-electron chi connectivity index (χ2n) is 5.03. The van der Waals surface area contributed by atoms with Crippen LogP contribution in [0.25, 0.3) is 0 Å². The topological polar surface area (TPSA) is 72.6 Å². The zero-order chi connectivity index (χ0) is 14.7. The maximum absolute atomic E-state index is 12.0. The van der Waals surface area contributed by atoms with E-state index in [0.717, 1.165) is 11.3 Å². The van der Waals surface area contributed by atoms with Gasteiger partial charge in [-0.2, -0.15) is 0 Å². The highest BCUT2D eigenvalue weighted by atomic mass is 16.5. The van der Waals surface area contributed by atoms with Crippen molar-refractivity contribution in [1.82, 2.24) is 4.90 Å². The Morgan fingerprint density at radius 3 is 2.60 bits per heavy atom. The van der Waals surface area contributed by atoms with Gasteiger partial charge in [0.15, 0.2) is 0 Å². The highest BCUT2D eigenvalue weighted by Gasteiger charge is 2.35. The summed E-state index contributed by atoms with van der Waals surface area (Å²) in [6.07, 6.45) is 0.219. The smallest absolute Gasteiger partial charge is 0.223 e. The molecule has 0 saturated carbocycles. The van der Waals surface area contributed by atoms with Crippen LogP contribution < -0.4 is 10.5 Å². The van der Waals surface area contributed by atoms with Gasteiger partial charge in [0.1, 0.15) is 5.75 Å². The quantitative estimate of drug-likeness (QED) is 0.885. The van der Waals surface area contributed by atoms with Crippen molar-refractivity contribution in [2.75, 3.05) is 13.2 Å². The minimum Gasteiger partial charge on any atom is -0.494 e. The van der Waals surface area contributed by atoms with Gasteiger partial charge >= 0.3 is 0 Å². The number of hydrogen-bond acceptors (Lipinski definition) is 3. The van der Waals surface area contributed by atoms with E-state index in [1.807, 2.05) is 38.1 Å². The van der Waals surface area contributed by atoms with Crippen LogP contribution in [0.1, 0.15) is 31.9 Å². The first-order valence-corrected chi connectivity index (χ1v) is 6.84. The molecular formula is C15H20N2O3. The third-order valence-corrected chi connectivity index (χ3v) is 3.70. The minimum absolute atomic E-state index is 0.0183. The summed E-state index contributed by atoms with van der Waals surface area (Å²) < 4.78 is 5.39. The fourth-order valence-corrected chi connectivity index (χ4v) is 2.49. The minimum atomic E-state index is -0.403. The largest absolute Gasteiger partial charge is 0.494 e. The van der Waals surface area contributed by atoms with Crippen molar-refractivity contribution >= 4 is 11.8 Å². The molecule has 1 fully saturated rings. The number of nitrogens with two attached hydrogens (primary N) is 1. The molecule has 0 aromatic heterocycles. The van der Waals surface area contributed by atoms with E-state index in [9.17, 15) is 9.59 Å². The molecule has 5 heteroatoms. The molecule has 0 bridgehead atoms. The molecule has 108 valence electrons. The Morgan fingerprint density at radius 1 is 1.45 bits per heavy atom. The average molecular weight is 276 g/mol. The third kappa shape index (κ3) is 2.92. The average Bonchev–Trinajstić information content (AvgIpc) is 2.81. The lowest BCUT2D eigenvalue weighted by Gasteiger charge is -2.25. The van der Waals surface area contributed by atoms with Crippen molar-refractivity contribution in [2.45, 2.75) is 26.3 Å². The van der Waals surface area contributed by atoms with Crippen molar-refractivity contribution in [3.05, 3.63) is 29.8 Å². The highest BCUT2D eigenvalue weighted by Crippen LogP contribution is 2.29. The van der Waals surface area contributed by atoms with Gasteiger partial charge in [-0.05, 0) is 31.5 Å². The molecule has 5 nitrogen and oxygen atoms in total. The molecule has 0 spiro atoms. The molecule has 1 saturated heterocycles. The number of ether oxygens (including phenoxy) is 1. The Bertz CT molecular complexity index is 498. The molecule has 1 aliphatic heterocycles. The fraction of sp³-hybridized carbons (Fsp3) is 0.467. The van der Waals surface area contributed by atoms with E-state index in [4.69, 9.17) is 10.5 Å². The van der Waals surface area contributed by atoms with E-state index in [1.54, 1.807) is 4.90 Å². The van der Waals surface area contributed by atoms with Crippen LogP contribution in [-0.4, -0.2) is 29.9 Å². The standard InChI is InChI=1S/C15H20N2O3/c1-3-20-13-6-4-11(5-7-13)10(2)17-9-12(15(16)19)8-14(17)18/h4-7,10,12H,3,8-9H2,1-2H3,(H2,16,19). The maximum Gasteiger partial charge on any atom is 0.223 e. The van der Waals surface area contributed by atoms with Gasteiger partial charge < -0.3 is 15.4 Å². The van der Waals surface area contributed by atoms with E-state index in [0.29, 0.717) is 13.2 Å². The van der Waals surface area contributed by atoms with Crippen LogP contribution in [0.2, 0.25) is 0 Å². The SMILES string of the molecule is CCOc1ccc(C(C)N2CC(C(N)=O)CC2=O)cc1. The first-order chi connectivity index (χ1) is 9.52. The number of nitrogens with zero attached hydrogens (tertiary/aromatic N) is 1. The van der Waals surface area contributed by atoms with Gasteiger partial charge in [0, 0.05) is 13.0 Å². The normalized spacial score (nSPS) is 20.0. The first-order valence-electron chi connectivity index (χ1n) is 6.84. The van der Waals surface area contributed by atoms with Gasteiger partial charge in [-0.25, -0.2) is 0 Å². The molecule has 20 heavy (non-hydrogen) atoms. The van der Waals surface area contributed by atoms with Crippen LogP contribution in [0.4, 0.5) is 0 Å². The fourth-order valence-electron chi connectivity index (χ4n) is 2.49. The van der Waals surface area contributed by atoms with Gasteiger partial charge in [-0.15, -0.1) is 0 Å². The molecule has 0 radical (unpaired) electrons. The van der Waals surface area contributed by atoms with Crippen LogP contribution in [0.5, 0.6) is 5.75 Å². The summed E-state index contributed by atoms with van der Waals surface area (Å²) in [7, 11) is 0. The predicted molar refractivity (Wildman–Crippen MR) is 75.0 cm³/mol.